The lowest BCUT2D eigenvalue weighted by Crippen LogP contribution is -2.28. The predicted octanol–water partition coefficient (Wildman–Crippen LogP) is 2.21. The lowest BCUT2D eigenvalue weighted by Gasteiger charge is -2.04. The molecule has 0 spiro atoms. The second-order valence-electron chi connectivity index (χ2n) is 6.47. The minimum Gasteiger partial charge on any atom is -0.385 e. The van der Waals surface area contributed by atoms with Gasteiger partial charge in [0.1, 0.15) is 5.82 Å². The number of rotatable bonds is 9. The van der Waals surface area contributed by atoms with Crippen LogP contribution in [0.25, 0.3) is 5.52 Å². The summed E-state index contributed by atoms with van der Waals surface area (Å²) in [5.41, 5.74) is 1.65. The Morgan fingerprint density at radius 3 is 2.59 bits per heavy atom. The molecule has 3 aromatic rings. The highest BCUT2D eigenvalue weighted by atomic mass is 19.1. The van der Waals surface area contributed by atoms with Crippen LogP contribution in [0.15, 0.2) is 48.7 Å². The van der Waals surface area contributed by atoms with E-state index in [1.54, 1.807) is 48.0 Å². The Bertz CT molecular complexity index is 985. The van der Waals surface area contributed by atoms with Crippen molar-refractivity contribution < 1.29 is 18.7 Å². The first-order valence-electron chi connectivity index (χ1n) is 9.37. The van der Waals surface area contributed by atoms with Crippen LogP contribution in [0.2, 0.25) is 0 Å². The van der Waals surface area contributed by atoms with Gasteiger partial charge in [-0.2, -0.15) is 0 Å². The fourth-order valence-electron chi connectivity index (χ4n) is 2.92. The van der Waals surface area contributed by atoms with E-state index in [9.17, 15) is 14.0 Å². The van der Waals surface area contributed by atoms with Gasteiger partial charge in [-0.05, 0) is 42.7 Å². The van der Waals surface area contributed by atoms with E-state index in [0.29, 0.717) is 38.1 Å². The molecular weight excluding hydrogens is 375 g/mol. The number of hydrogen-bond acceptors (Lipinski definition) is 4. The van der Waals surface area contributed by atoms with E-state index in [2.05, 4.69) is 15.6 Å². The number of nitrogens with one attached hydrogen (secondary N) is 2. The van der Waals surface area contributed by atoms with Crippen molar-refractivity contribution in [2.45, 2.75) is 12.8 Å². The van der Waals surface area contributed by atoms with Crippen molar-refractivity contribution in [2.75, 3.05) is 26.8 Å². The smallest absolute Gasteiger partial charge is 0.287 e. The molecule has 1 aromatic carbocycles. The fraction of sp³-hybridized carbons (Fsp3) is 0.286. The number of carbonyl (C=O) groups is 2. The lowest BCUT2D eigenvalue weighted by atomic mass is 10.1. The van der Waals surface area contributed by atoms with Gasteiger partial charge in [-0.3, -0.25) is 14.0 Å². The van der Waals surface area contributed by atoms with Crippen LogP contribution in [0.3, 0.4) is 0 Å². The molecule has 7 nitrogen and oxygen atoms in total. The number of aromatic nitrogens is 2. The highest BCUT2D eigenvalue weighted by molar-refractivity contribution is 6.02. The van der Waals surface area contributed by atoms with Crippen molar-refractivity contribution in [3.05, 3.63) is 71.6 Å². The van der Waals surface area contributed by atoms with E-state index in [0.717, 1.165) is 5.56 Å². The number of pyridine rings is 1. The number of amides is 2. The van der Waals surface area contributed by atoms with Gasteiger partial charge in [0.15, 0.2) is 5.69 Å². The number of nitrogens with zero attached hydrogens (tertiary/aromatic N) is 2. The van der Waals surface area contributed by atoms with E-state index < -0.39 is 0 Å². The zero-order valence-corrected chi connectivity index (χ0v) is 16.2. The molecule has 0 bridgehead atoms. The van der Waals surface area contributed by atoms with Gasteiger partial charge in [0.25, 0.3) is 11.8 Å². The molecule has 0 radical (unpaired) electrons. The Labute approximate surface area is 167 Å². The average molecular weight is 398 g/mol. The molecule has 2 N–H and O–H groups in total. The van der Waals surface area contributed by atoms with Gasteiger partial charge in [0, 0.05) is 33.0 Å². The molecule has 0 aliphatic rings. The van der Waals surface area contributed by atoms with Crippen LogP contribution in [-0.4, -0.2) is 48.0 Å². The number of imidazole rings is 1. The summed E-state index contributed by atoms with van der Waals surface area (Å²) in [6, 6.07) is 11.4. The zero-order chi connectivity index (χ0) is 20.6. The molecule has 3 rings (SSSR count). The molecule has 29 heavy (non-hydrogen) atoms. The van der Waals surface area contributed by atoms with Crippen molar-refractivity contribution in [1.29, 1.82) is 0 Å². The van der Waals surface area contributed by atoms with Crippen molar-refractivity contribution in [3.8, 4) is 0 Å². The van der Waals surface area contributed by atoms with Crippen LogP contribution >= 0.6 is 0 Å². The van der Waals surface area contributed by atoms with Gasteiger partial charge in [0.2, 0.25) is 5.82 Å². The van der Waals surface area contributed by atoms with Gasteiger partial charge in [-0.25, -0.2) is 9.37 Å². The molecule has 2 heterocycles. The molecule has 2 aromatic heterocycles. The molecule has 8 heteroatoms. The number of hydrogen-bond donors (Lipinski definition) is 2. The molecule has 0 aliphatic carbocycles. The molecule has 0 fully saturated rings. The van der Waals surface area contributed by atoms with Crippen LogP contribution in [0.5, 0.6) is 0 Å². The van der Waals surface area contributed by atoms with Crippen molar-refractivity contribution in [2.24, 2.45) is 0 Å². The maximum absolute atomic E-state index is 13.0. The third kappa shape index (κ3) is 5.17. The maximum Gasteiger partial charge on any atom is 0.287 e. The van der Waals surface area contributed by atoms with E-state index in [-0.39, 0.29) is 29.1 Å². The molecule has 0 unspecified atom stereocenters. The second-order valence-corrected chi connectivity index (χ2v) is 6.47. The number of carbonyl (C=O) groups excluding carboxylic acids is 2. The van der Waals surface area contributed by atoms with E-state index in [1.165, 1.54) is 12.1 Å². The maximum atomic E-state index is 13.0. The minimum absolute atomic E-state index is 0.154. The van der Waals surface area contributed by atoms with E-state index in [4.69, 9.17) is 4.74 Å². The summed E-state index contributed by atoms with van der Waals surface area (Å²) in [6.45, 7) is 1.37. The van der Waals surface area contributed by atoms with Crippen molar-refractivity contribution in [3.63, 3.8) is 0 Å². The quantitative estimate of drug-likeness (QED) is 0.542. The summed E-state index contributed by atoms with van der Waals surface area (Å²) in [6.07, 6.45) is 2.94. The first-order chi connectivity index (χ1) is 14.1. The van der Waals surface area contributed by atoms with Crippen LogP contribution in [-0.2, 0) is 11.2 Å². The fourth-order valence-corrected chi connectivity index (χ4v) is 2.92. The Morgan fingerprint density at radius 2 is 1.83 bits per heavy atom. The monoisotopic (exact) mass is 398 g/mol. The first kappa shape index (κ1) is 20.5. The van der Waals surface area contributed by atoms with Gasteiger partial charge in [-0.1, -0.05) is 18.2 Å². The van der Waals surface area contributed by atoms with Crippen LogP contribution in [0.1, 0.15) is 33.1 Å². The first-order valence-corrected chi connectivity index (χ1v) is 9.37. The average Bonchev–Trinajstić information content (AvgIpc) is 3.12. The van der Waals surface area contributed by atoms with Crippen LogP contribution in [0.4, 0.5) is 4.39 Å². The minimum atomic E-state index is -0.366. The predicted molar refractivity (Wildman–Crippen MR) is 106 cm³/mol. The molecule has 2 amide bonds. The lowest BCUT2D eigenvalue weighted by molar-refractivity contribution is 0.0937. The third-order valence-electron chi connectivity index (χ3n) is 4.39. The van der Waals surface area contributed by atoms with Crippen molar-refractivity contribution in [1.82, 2.24) is 20.0 Å². The van der Waals surface area contributed by atoms with Gasteiger partial charge < -0.3 is 15.4 Å². The molecule has 0 saturated heterocycles. The third-order valence-corrected chi connectivity index (χ3v) is 4.39. The largest absolute Gasteiger partial charge is 0.385 e. The summed E-state index contributed by atoms with van der Waals surface area (Å²) in [5, 5.41) is 5.59. The molecular formula is C21H23FN4O3. The number of fused-ring (bicyclic) bond motifs is 1. The van der Waals surface area contributed by atoms with Gasteiger partial charge in [-0.15, -0.1) is 0 Å². The standard InChI is InChI=1S/C21H23FN4O3/c1-29-14-4-11-23-21(28)19-25-18(17-5-2-3-13-26(17)19)20(27)24-12-10-15-6-8-16(22)9-7-15/h2-3,5-9,13H,4,10-12,14H2,1H3,(H,23,28)(H,24,27). The number of methoxy groups -OCH3 is 1. The summed E-state index contributed by atoms with van der Waals surface area (Å²) < 4.78 is 19.5. The summed E-state index contributed by atoms with van der Waals surface area (Å²) in [5.74, 6) is -0.862. The van der Waals surface area contributed by atoms with E-state index in [1.807, 2.05) is 0 Å². The molecule has 0 saturated carbocycles. The zero-order valence-electron chi connectivity index (χ0n) is 16.2. The highest BCUT2D eigenvalue weighted by Crippen LogP contribution is 2.13. The number of halogens is 1. The summed E-state index contributed by atoms with van der Waals surface area (Å²) in [4.78, 5) is 29.4. The van der Waals surface area contributed by atoms with Crippen molar-refractivity contribution >= 4 is 17.3 Å². The topological polar surface area (TPSA) is 84.7 Å². The summed E-state index contributed by atoms with van der Waals surface area (Å²) >= 11 is 0. The number of benzene rings is 1. The highest BCUT2D eigenvalue weighted by Gasteiger charge is 2.21. The Kier molecular flexibility index (Phi) is 6.91. The van der Waals surface area contributed by atoms with Gasteiger partial charge >= 0.3 is 0 Å². The molecule has 152 valence electrons. The second kappa shape index (κ2) is 9.79. The number of ether oxygens (including phenoxy) is 1. The Morgan fingerprint density at radius 1 is 1.07 bits per heavy atom. The Hall–Kier alpha value is -3.26. The molecule has 0 atom stereocenters. The van der Waals surface area contributed by atoms with E-state index >= 15 is 0 Å². The van der Waals surface area contributed by atoms with Crippen LogP contribution < -0.4 is 10.6 Å². The Balaban J connectivity index is 1.69. The van der Waals surface area contributed by atoms with Crippen LogP contribution in [0, 0.1) is 5.82 Å². The normalized spacial score (nSPS) is 10.8. The SMILES string of the molecule is COCCCNC(=O)c1nc(C(=O)NCCc2ccc(F)cc2)c2ccccn12. The van der Waals surface area contributed by atoms with Gasteiger partial charge in [0.05, 0.1) is 5.52 Å². The summed E-state index contributed by atoms with van der Waals surface area (Å²) in [7, 11) is 1.60. The molecule has 0 aliphatic heterocycles.